The first-order valence-corrected chi connectivity index (χ1v) is 8.71. The number of benzene rings is 2. The summed E-state index contributed by atoms with van der Waals surface area (Å²) < 4.78 is 7.12. The summed E-state index contributed by atoms with van der Waals surface area (Å²) in [4.78, 5) is 0. The summed E-state index contributed by atoms with van der Waals surface area (Å²) >= 11 is 0. The minimum absolute atomic E-state index is 0. The number of nitrogens with zero attached hydrogens (tertiary/aromatic N) is 1. The van der Waals surface area contributed by atoms with Gasteiger partial charge in [-0.25, -0.2) is 0 Å². The quantitative estimate of drug-likeness (QED) is 0.512. The zero-order valence-electron chi connectivity index (χ0n) is 14.7. The molecule has 0 amide bonds. The lowest BCUT2D eigenvalue weighted by Crippen LogP contribution is -3.00. The van der Waals surface area contributed by atoms with Crippen molar-refractivity contribution in [1.29, 1.82) is 0 Å². The number of methoxy groups -OCH3 is 1. The number of piperidine rings is 1. The number of rotatable bonds is 5. The molecule has 0 aliphatic carbocycles. The second-order valence-corrected chi connectivity index (χ2v) is 6.91. The summed E-state index contributed by atoms with van der Waals surface area (Å²) in [5, 5.41) is 0. The number of hydrogen-bond donors (Lipinski definition) is 0. The van der Waals surface area contributed by atoms with Crippen molar-refractivity contribution < 1.29 is 33.2 Å². The van der Waals surface area contributed by atoms with Gasteiger partial charge < -0.3 is 33.2 Å². The molecule has 1 aliphatic heterocycles. The third-order valence-corrected chi connectivity index (χ3v) is 5.32. The molecule has 130 valence electrons. The number of halogens is 1. The van der Waals surface area contributed by atoms with Crippen LogP contribution in [0.1, 0.15) is 42.5 Å². The maximum absolute atomic E-state index is 6.06. The van der Waals surface area contributed by atoms with Crippen LogP contribution < -0.4 is 24.0 Å². The Morgan fingerprint density at radius 3 is 1.79 bits per heavy atom. The second kappa shape index (κ2) is 8.97. The smallest absolute Gasteiger partial charge is 0.145 e. The topological polar surface area (TPSA) is 9.23 Å². The van der Waals surface area contributed by atoms with Crippen LogP contribution in [0.15, 0.2) is 60.7 Å². The molecule has 2 nitrogen and oxygen atoms in total. The molecule has 2 unspecified atom stereocenters. The third-order valence-electron chi connectivity index (χ3n) is 5.32. The largest absolute Gasteiger partial charge is 1.00 e. The minimum atomic E-state index is 0. The molecule has 24 heavy (non-hydrogen) atoms. The van der Waals surface area contributed by atoms with E-state index in [1.165, 1.54) is 43.5 Å². The van der Waals surface area contributed by atoms with Gasteiger partial charge in [0.05, 0.1) is 20.1 Å². The van der Waals surface area contributed by atoms with Crippen molar-refractivity contribution >= 4 is 0 Å². The Morgan fingerprint density at radius 1 is 0.792 bits per heavy atom. The number of likely N-dealkylation sites (N-methyl/N-ethyl adjacent to an activating group) is 1. The lowest BCUT2D eigenvalue weighted by molar-refractivity contribution is -0.948. The average Bonchev–Trinajstić information content (AvgIpc) is 2.61. The second-order valence-electron chi connectivity index (χ2n) is 6.91. The predicted octanol–water partition coefficient (Wildman–Crippen LogP) is 1.75. The van der Waals surface area contributed by atoms with E-state index in [1.54, 1.807) is 0 Å². The Morgan fingerprint density at radius 2 is 1.29 bits per heavy atom. The molecule has 1 saturated heterocycles. The van der Waals surface area contributed by atoms with Crippen LogP contribution >= 0.6 is 0 Å². The van der Waals surface area contributed by atoms with Crippen molar-refractivity contribution in [3.05, 3.63) is 71.8 Å². The number of likely N-dealkylation sites (tertiary alicyclic amines) is 1. The molecule has 2 aromatic rings. The molecule has 2 atom stereocenters. The van der Waals surface area contributed by atoms with E-state index in [2.05, 4.69) is 67.7 Å². The summed E-state index contributed by atoms with van der Waals surface area (Å²) in [6.07, 6.45) is 4.07. The first-order chi connectivity index (χ1) is 11.2. The summed E-state index contributed by atoms with van der Waals surface area (Å²) in [5.74, 6) is 0. The van der Waals surface area contributed by atoms with Gasteiger partial charge >= 0.3 is 0 Å². The molecular weight excluding hydrogens is 409 g/mol. The van der Waals surface area contributed by atoms with E-state index in [4.69, 9.17) is 4.74 Å². The van der Waals surface area contributed by atoms with Crippen LogP contribution in [0.3, 0.4) is 0 Å². The van der Waals surface area contributed by atoms with E-state index in [0.717, 1.165) is 4.48 Å². The lowest BCUT2D eigenvalue weighted by atomic mass is 9.90. The van der Waals surface area contributed by atoms with Gasteiger partial charge in [0.15, 0.2) is 0 Å². The fourth-order valence-electron chi connectivity index (χ4n) is 4.11. The Balaban J connectivity index is 0.00000208. The normalized spacial score (nSPS) is 19.1. The molecule has 1 aliphatic rings. The van der Waals surface area contributed by atoms with Crippen LogP contribution in [0.4, 0.5) is 0 Å². The zero-order valence-corrected chi connectivity index (χ0v) is 16.9. The van der Waals surface area contributed by atoms with Gasteiger partial charge in [0.2, 0.25) is 0 Å². The molecule has 2 aromatic carbocycles. The lowest BCUT2D eigenvalue weighted by Gasteiger charge is -2.47. The van der Waals surface area contributed by atoms with E-state index < -0.39 is 0 Å². The summed E-state index contributed by atoms with van der Waals surface area (Å²) in [7, 11) is 4.26. The fourth-order valence-corrected chi connectivity index (χ4v) is 4.11. The maximum Gasteiger partial charge on any atom is 0.145 e. The third kappa shape index (κ3) is 4.19. The minimum Gasteiger partial charge on any atom is -1.00 e. The SMILES string of the molecule is COC(c1ccccc1)C(c1ccccc1)[N+]1(C)CCCCC1.[I-]. The van der Waals surface area contributed by atoms with E-state index in [1.807, 2.05) is 7.11 Å². The fraction of sp³-hybridized carbons (Fsp3) is 0.429. The molecule has 3 rings (SSSR count). The van der Waals surface area contributed by atoms with Crippen molar-refractivity contribution in [2.75, 3.05) is 27.2 Å². The van der Waals surface area contributed by atoms with Gasteiger partial charge in [-0.05, 0) is 24.8 Å². The number of quaternary nitrogens is 1. The van der Waals surface area contributed by atoms with Crippen LogP contribution in [0.2, 0.25) is 0 Å². The molecule has 0 spiro atoms. The summed E-state index contributed by atoms with van der Waals surface area (Å²) in [6.45, 7) is 2.46. The van der Waals surface area contributed by atoms with Crippen LogP contribution in [0.5, 0.6) is 0 Å². The van der Waals surface area contributed by atoms with Crippen LogP contribution in [0.25, 0.3) is 0 Å². The number of ether oxygens (including phenoxy) is 1. The van der Waals surface area contributed by atoms with Crippen LogP contribution in [-0.4, -0.2) is 31.7 Å². The Labute approximate surface area is 163 Å². The van der Waals surface area contributed by atoms with Crippen LogP contribution in [-0.2, 0) is 4.74 Å². The molecular formula is C21H28INO. The van der Waals surface area contributed by atoms with E-state index in [-0.39, 0.29) is 30.1 Å². The molecule has 1 heterocycles. The Kier molecular flexibility index (Phi) is 7.26. The van der Waals surface area contributed by atoms with Gasteiger partial charge in [0.1, 0.15) is 12.1 Å². The van der Waals surface area contributed by atoms with Gasteiger partial charge in [0.25, 0.3) is 0 Å². The first kappa shape index (κ1) is 19.4. The molecule has 1 fully saturated rings. The molecule has 3 heteroatoms. The van der Waals surface area contributed by atoms with E-state index in [9.17, 15) is 0 Å². The molecule has 0 bridgehead atoms. The highest BCUT2D eigenvalue weighted by molar-refractivity contribution is 5.25. The van der Waals surface area contributed by atoms with Gasteiger partial charge in [-0.1, -0.05) is 60.7 Å². The molecule has 0 radical (unpaired) electrons. The first-order valence-electron chi connectivity index (χ1n) is 8.71. The van der Waals surface area contributed by atoms with Gasteiger partial charge in [-0.15, -0.1) is 0 Å². The highest BCUT2D eigenvalue weighted by Gasteiger charge is 2.41. The van der Waals surface area contributed by atoms with Gasteiger partial charge in [-0.2, -0.15) is 0 Å². The van der Waals surface area contributed by atoms with Crippen molar-refractivity contribution in [2.24, 2.45) is 0 Å². The Bertz CT molecular complexity index is 596. The number of hydrogen-bond acceptors (Lipinski definition) is 1. The summed E-state index contributed by atoms with van der Waals surface area (Å²) in [5.41, 5.74) is 2.65. The summed E-state index contributed by atoms with van der Waals surface area (Å²) in [6, 6.07) is 21.9. The van der Waals surface area contributed by atoms with Crippen molar-refractivity contribution in [1.82, 2.24) is 0 Å². The zero-order chi connectivity index (χ0) is 16.1. The van der Waals surface area contributed by atoms with Crippen molar-refractivity contribution in [2.45, 2.75) is 31.4 Å². The predicted molar refractivity (Wildman–Crippen MR) is 95.1 cm³/mol. The van der Waals surface area contributed by atoms with E-state index >= 15 is 0 Å². The molecule has 0 N–H and O–H groups in total. The van der Waals surface area contributed by atoms with Crippen molar-refractivity contribution in [3.8, 4) is 0 Å². The molecule has 0 saturated carbocycles. The van der Waals surface area contributed by atoms with Crippen LogP contribution in [0, 0.1) is 0 Å². The highest BCUT2D eigenvalue weighted by Crippen LogP contribution is 2.42. The average molecular weight is 437 g/mol. The molecule has 0 aromatic heterocycles. The Hall–Kier alpha value is -0.910. The standard InChI is InChI=1S/C21H28NO.HI/c1-22(16-10-5-11-17-22)20(18-12-6-3-7-13-18)21(23-2)19-14-8-4-9-15-19;/h3-4,6-9,12-15,20-21H,5,10-11,16-17H2,1-2H3;1H/q+1;/p-1. The van der Waals surface area contributed by atoms with Crippen molar-refractivity contribution in [3.63, 3.8) is 0 Å². The monoisotopic (exact) mass is 437 g/mol. The highest BCUT2D eigenvalue weighted by atomic mass is 127. The van der Waals surface area contributed by atoms with Gasteiger partial charge in [0, 0.05) is 12.7 Å². The van der Waals surface area contributed by atoms with E-state index in [0.29, 0.717) is 6.04 Å². The van der Waals surface area contributed by atoms with Gasteiger partial charge in [-0.3, -0.25) is 0 Å². The maximum atomic E-state index is 6.06.